The monoisotopic (exact) mass is 638 g/mol. The van der Waals surface area contributed by atoms with Crippen LogP contribution in [0.25, 0.3) is 38.6 Å². The fourth-order valence-corrected chi connectivity index (χ4v) is 6.02. The fourth-order valence-electron chi connectivity index (χ4n) is 4.91. The van der Waals surface area contributed by atoms with E-state index in [-0.39, 0.29) is 17.3 Å². The zero-order valence-electron chi connectivity index (χ0n) is 22.9. The van der Waals surface area contributed by atoms with Crippen molar-refractivity contribution in [2.75, 3.05) is 11.8 Å². The number of pyridine rings is 3. The zero-order valence-corrected chi connectivity index (χ0v) is 23.7. The van der Waals surface area contributed by atoms with Crippen molar-refractivity contribution >= 4 is 37.5 Å². The summed E-state index contributed by atoms with van der Waals surface area (Å²) in [5.74, 6) is -2.40. The molecule has 14 heteroatoms. The number of aromatic nitrogens is 3. The summed E-state index contributed by atoms with van der Waals surface area (Å²) in [6, 6.07) is 15.4. The van der Waals surface area contributed by atoms with Gasteiger partial charge in [0, 0.05) is 46.5 Å². The molecule has 0 aliphatic rings. The molecule has 0 saturated carbocycles. The summed E-state index contributed by atoms with van der Waals surface area (Å²) < 4.78 is 103. The van der Waals surface area contributed by atoms with E-state index in [2.05, 4.69) is 14.7 Å². The van der Waals surface area contributed by atoms with Crippen LogP contribution in [0.5, 0.6) is 5.88 Å². The van der Waals surface area contributed by atoms with E-state index in [9.17, 15) is 35.2 Å². The molecule has 0 fully saturated rings. The number of anilines is 1. The molecule has 3 heterocycles. The van der Waals surface area contributed by atoms with Crippen molar-refractivity contribution in [3.05, 3.63) is 119 Å². The molecule has 0 atom stereocenters. The second kappa shape index (κ2) is 11.0. The van der Waals surface area contributed by atoms with Crippen molar-refractivity contribution in [3.8, 4) is 22.7 Å². The molecular formula is C31H19F5N4O4S. The van der Waals surface area contributed by atoms with Crippen molar-refractivity contribution < 1.29 is 35.1 Å². The number of alkyl halides is 3. The second-order valence-corrected chi connectivity index (χ2v) is 11.5. The highest BCUT2D eigenvalue weighted by Gasteiger charge is 2.31. The van der Waals surface area contributed by atoms with E-state index in [1.807, 2.05) is 0 Å². The van der Waals surface area contributed by atoms with Gasteiger partial charge in [0.25, 0.3) is 15.6 Å². The summed E-state index contributed by atoms with van der Waals surface area (Å²) in [5.41, 5.74) is -0.124. The number of hydrogen-bond acceptors (Lipinski definition) is 6. The summed E-state index contributed by atoms with van der Waals surface area (Å²) in [6.45, 7) is 0. The highest BCUT2D eigenvalue weighted by atomic mass is 32.2. The lowest BCUT2D eigenvalue weighted by Gasteiger charge is -2.15. The minimum atomic E-state index is -4.63. The quantitative estimate of drug-likeness (QED) is 0.161. The minimum Gasteiger partial charge on any atom is -0.480 e. The third kappa shape index (κ3) is 5.55. The predicted molar refractivity (Wildman–Crippen MR) is 157 cm³/mol. The molecule has 45 heavy (non-hydrogen) atoms. The molecule has 1 N–H and O–H groups in total. The van der Waals surface area contributed by atoms with Gasteiger partial charge < -0.3 is 4.74 Å². The molecule has 0 bridgehead atoms. The largest absolute Gasteiger partial charge is 0.480 e. The molecule has 0 aliphatic heterocycles. The normalized spacial score (nSPS) is 12.0. The third-order valence-electron chi connectivity index (χ3n) is 6.95. The molecule has 6 aromatic rings. The number of nitrogens with zero attached hydrogens (tertiary/aromatic N) is 3. The second-order valence-electron chi connectivity index (χ2n) is 9.81. The third-order valence-corrected chi connectivity index (χ3v) is 8.35. The van der Waals surface area contributed by atoms with Crippen LogP contribution in [0.15, 0.2) is 101 Å². The van der Waals surface area contributed by atoms with Crippen LogP contribution in [0.1, 0.15) is 5.56 Å². The lowest BCUT2D eigenvalue weighted by atomic mass is 10.0. The Morgan fingerprint density at radius 1 is 0.867 bits per heavy atom. The van der Waals surface area contributed by atoms with Gasteiger partial charge in [-0.15, -0.1) is 0 Å². The summed E-state index contributed by atoms with van der Waals surface area (Å²) in [5, 5.41) is 0.880. The van der Waals surface area contributed by atoms with E-state index in [0.29, 0.717) is 39.0 Å². The Morgan fingerprint density at radius 3 is 2.40 bits per heavy atom. The van der Waals surface area contributed by atoms with Crippen molar-refractivity contribution in [3.63, 3.8) is 0 Å². The minimum absolute atomic E-state index is 0.00541. The predicted octanol–water partition coefficient (Wildman–Crippen LogP) is 6.71. The molecule has 3 aromatic heterocycles. The van der Waals surface area contributed by atoms with E-state index in [1.165, 1.54) is 54.4 Å². The highest BCUT2D eigenvalue weighted by molar-refractivity contribution is 7.92. The average Bonchev–Trinajstić information content (AvgIpc) is 3.00. The maximum atomic E-state index is 14.3. The lowest BCUT2D eigenvalue weighted by molar-refractivity contribution is -0.137. The Bertz CT molecular complexity index is 2310. The van der Waals surface area contributed by atoms with Crippen LogP contribution in [0.2, 0.25) is 0 Å². The van der Waals surface area contributed by atoms with E-state index in [4.69, 9.17) is 4.74 Å². The van der Waals surface area contributed by atoms with Crippen LogP contribution in [-0.2, 0) is 16.2 Å². The van der Waals surface area contributed by atoms with Gasteiger partial charge in [0.15, 0.2) is 0 Å². The van der Waals surface area contributed by atoms with Crippen LogP contribution in [0.4, 0.5) is 27.6 Å². The summed E-state index contributed by atoms with van der Waals surface area (Å²) in [6.07, 6.45) is -1.75. The number of hydrogen-bond donors (Lipinski definition) is 1. The van der Waals surface area contributed by atoms with Crippen molar-refractivity contribution in [2.24, 2.45) is 0 Å². The Labute approximate surface area is 251 Å². The van der Waals surface area contributed by atoms with E-state index >= 15 is 0 Å². The molecule has 0 amide bonds. The van der Waals surface area contributed by atoms with Gasteiger partial charge in [-0.3, -0.25) is 19.1 Å². The molecule has 0 spiro atoms. The van der Waals surface area contributed by atoms with Crippen molar-refractivity contribution in [2.45, 2.75) is 11.1 Å². The Hall–Kier alpha value is -5.37. The van der Waals surface area contributed by atoms with Gasteiger partial charge in [-0.25, -0.2) is 22.2 Å². The van der Waals surface area contributed by atoms with Gasteiger partial charge in [-0.05, 0) is 60.2 Å². The number of halogens is 5. The number of sulfonamides is 1. The first kappa shape index (κ1) is 29.7. The van der Waals surface area contributed by atoms with E-state index < -0.39 is 43.9 Å². The van der Waals surface area contributed by atoms with E-state index in [0.717, 1.165) is 24.3 Å². The molecule has 0 unspecified atom stereocenters. The first-order chi connectivity index (χ1) is 21.4. The van der Waals surface area contributed by atoms with E-state index in [1.54, 1.807) is 18.2 Å². The molecule has 0 saturated heterocycles. The number of rotatable bonds is 6. The molecule has 0 aliphatic carbocycles. The number of fused-ring (bicyclic) bond motifs is 3. The zero-order chi connectivity index (χ0) is 32.1. The van der Waals surface area contributed by atoms with Crippen LogP contribution in [-0.4, -0.2) is 30.1 Å². The van der Waals surface area contributed by atoms with Crippen LogP contribution >= 0.6 is 0 Å². The molecular weight excluding hydrogens is 619 g/mol. The lowest BCUT2D eigenvalue weighted by Crippen LogP contribution is -2.18. The van der Waals surface area contributed by atoms with Gasteiger partial charge in [0.1, 0.15) is 22.2 Å². The number of nitrogens with one attached hydrogen (secondary N) is 1. The summed E-state index contributed by atoms with van der Waals surface area (Å²) in [4.78, 5) is 20.9. The Kier molecular flexibility index (Phi) is 7.23. The maximum absolute atomic E-state index is 14.3. The van der Waals surface area contributed by atoms with Gasteiger partial charge in [-0.1, -0.05) is 12.1 Å². The first-order valence-corrected chi connectivity index (χ1v) is 14.5. The molecule has 6 rings (SSSR count). The summed E-state index contributed by atoms with van der Waals surface area (Å²) in [7, 11) is -3.30. The van der Waals surface area contributed by atoms with Gasteiger partial charge in [-0.2, -0.15) is 13.2 Å². The van der Waals surface area contributed by atoms with Crippen molar-refractivity contribution in [1.29, 1.82) is 0 Å². The molecule has 228 valence electrons. The molecule has 3 aromatic carbocycles. The van der Waals surface area contributed by atoms with Gasteiger partial charge in [0.05, 0.1) is 23.7 Å². The number of ether oxygens (including phenoxy) is 1. The maximum Gasteiger partial charge on any atom is 0.416 e. The number of methoxy groups -OCH3 is 1. The standard InChI is InChI=1S/C31H19F5N4O4S/c1-44-30-26(39-45(42,43)27-9-7-21(32)14-24(27)33)12-19(16-38-30)17-5-8-25-23(11-17)29-18(15-37-25)6-10-28(41)40(29)22-4-2-3-20(13-22)31(34,35)36/h2-16,39H,1H3. The topological polar surface area (TPSA) is 103 Å². The highest BCUT2D eigenvalue weighted by Crippen LogP contribution is 2.35. The van der Waals surface area contributed by atoms with Gasteiger partial charge in [0.2, 0.25) is 5.88 Å². The van der Waals surface area contributed by atoms with Crippen LogP contribution in [0.3, 0.4) is 0 Å². The summed E-state index contributed by atoms with van der Waals surface area (Å²) >= 11 is 0. The molecule has 0 radical (unpaired) electrons. The van der Waals surface area contributed by atoms with Crippen molar-refractivity contribution in [1.82, 2.24) is 14.5 Å². The average molecular weight is 639 g/mol. The fraction of sp³-hybridized carbons (Fsp3) is 0.0645. The van der Waals surface area contributed by atoms with Crippen LogP contribution in [0, 0.1) is 11.6 Å². The van der Waals surface area contributed by atoms with Gasteiger partial charge >= 0.3 is 6.18 Å². The number of benzene rings is 3. The Balaban J connectivity index is 1.51. The first-order valence-electron chi connectivity index (χ1n) is 13.0. The Morgan fingerprint density at radius 2 is 1.67 bits per heavy atom. The smallest absolute Gasteiger partial charge is 0.416 e. The molecule has 8 nitrogen and oxygen atoms in total. The van der Waals surface area contributed by atoms with Crippen LogP contribution < -0.4 is 15.0 Å². The SMILES string of the molecule is COc1ncc(-c2ccc3ncc4ccc(=O)n(-c5cccc(C(F)(F)F)c5)c4c3c2)cc1NS(=O)(=O)c1ccc(F)cc1F.